The number of rotatable bonds is 8. The lowest BCUT2D eigenvalue weighted by atomic mass is 10.2. The van der Waals surface area contributed by atoms with Gasteiger partial charge < -0.3 is 9.47 Å². The summed E-state index contributed by atoms with van der Waals surface area (Å²) in [6.07, 6.45) is 2.12. The van der Waals surface area contributed by atoms with Crippen LogP contribution in [0.15, 0.2) is 69.0 Å². The van der Waals surface area contributed by atoms with Crippen LogP contribution in [0.25, 0.3) is 10.9 Å². The quantitative estimate of drug-likeness (QED) is 0.104. The Morgan fingerprint density at radius 2 is 1.94 bits per heavy atom. The second-order valence-electron chi connectivity index (χ2n) is 7.65. The summed E-state index contributed by atoms with van der Waals surface area (Å²) in [5.74, 6) is 1.59. The molecule has 0 aliphatic carbocycles. The Bertz CT molecular complexity index is 1540. The van der Waals surface area contributed by atoms with Crippen LogP contribution in [0.2, 0.25) is 0 Å². The van der Waals surface area contributed by atoms with E-state index in [4.69, 9.17) is 9.47 Å². The zero-order valence-corrected chi connectivity index (χ0v) is 23.0. The molecule has 36 heavy (non-hydrogen) atoms. The molecule has 1 heterocycles. The zero-order chi connectivity index (χ0) is 25.8. The fraction of sp³-hybridized carbons (Fsp3) is 0.160. The van der Waals surface area contributed by atoms with Gasteiger partial charge in [0.1, 0.15) is 12.4 Å². The number of hydrogen-bond acceptors (Lipinski definition) is 7. The van der Waals surface area contributed by atoms with Crippen molar-refractivity contribution in [1.29, 1.82) is 0 Å². The predicted octanol–water partition coefficient (Wildman–Crippen LogP) is 5.70. The predicted molar refractivity (Wildman–Crippen MR) is 149 cm³/mol. The van der Waals surface area contributed by atoms with Crippen molar-refractivity contribution in [3.8, 4) is 11.5 Å². The molecule has 184 valence electrons. The lowest BCUT2D eigenvalue weighted by molar-refractivity contribution is -0.384. The van der Waals surface area contributed by atoms with Gasteiger partial charge in [-0.25, -0.2) is 4.98 Å². The van der Waals surface area contributed by atoms with Gasteiger partial charge in [-0.1, -0.05) is 22.9 Å². The molecule has 4 rings (SSSR count). The van der Waals surface area contributed by atoms with Crippen molar-refractivity contribution in [1.82, 2.24) is 9.66 Å². The second kappa shape index (κ2) is 11.2. The molecular formula is C25H20BrIN4O5. The van der Waals surface area contributed by atoms with E-state index in [1.54, 1.807) is 36.5 Å². The summed E-state index contributed by atoms with van der Waals surface area (Å²) < 4.78 is 14.4. The fourth-order valence-electron chi connectivity index (χ4n) is 3.49. The maximum absolute atomic E-state index is 13.1. The van der Waals surface area contributed by atoms with Crippen molar-refractivity contribution < 1.29 is 14.4 Å². The van der Waals surface area contributed by atoms with Crippen molar-refractivity contribution in [2.24, 2.45) is 5.10 Å². The monoisotopic (exact) mass is 662 g/mol. The van der Waals surface area contributed by atoms with Crippen molar-refractivity contribution in [2.45, 2.75) is 20.0 Å². The van der Waals surface area contributed by atoms with Crippen molar-refractivity contribution in [2.75, 3.05) is 7.11 Å². The van der Waals surface area contributed by atoms with Crippen LogP contribution in [0.4, 0.5) is 5.69 Å². The van der Waals surface area contributed by atoms with Gasteiger partial charge >= 0.3 is 0 Å². The number of aromatic nitrogens is 2. The molecule has 4 aromatic rings. The molecule has 1 aromatic heterocycles. The van der Waals surface area contributed by atoms with Gasteiger partial charge in [-0.2, -0.15) is 9.78 Å². The Hall–Kier alpha value is -3.32. The fourth-order valence-corrected chi connectivity index (χ4v) is 4.63. The van der Waals surface area contributed by atoms with Gasteiger partial charge in [0.05, 0.1) is 32.7 Å². The summed E-state index contributed by atoms with van der Waals surface area (Å²) in [5.41, 5.74) is 1.89. The summed E-state index contributed by atoms with van der Waals surface area (Å²) in [5, 5.41) is 15.8. The highest BCUT2D eigenvalue weighted by Crippen LogP contribution is 2.34. The highest BCUT2D eigenvalue weighted by molar-refractivity contribution is 14.1. The number of ether oxygens (including phenoxy) is 2. The van der Waals surface area contributed by atoms with E-state index >= 15 is 0 Å². The number of hydrogen-bond donors (Lipinski definition) is 0. The van der Waals surface area contributed by atoms with Gasteiger partial charge in [-0.15, -0.1) is 0 Å². The Morgan fingerprint density at radius 1 is 1.19 bits per heavy atom. The zero-order valence-electron chi connectivity index (χ0n) is 19.3. The Morgan fingerprint density at radius 3 is 2.61 bits per heavy atom. The summed E-state index contributed by atoms with van der Waals surface area (Å²) in [6.45, 7) is 2.13. The molecule has 0 saturated heterocycles. The molecule has 0 N–H and O–H groups in total. The lowest BCUT2D eigenvalue weighted by Gasteiger charge is -2.14. The number of halogens is 2. The summed E-state index contributed by atoms with van der Waals surface area (Å²) in [4.78, 5) is 28.1. The number of methoxy groups -OCH3 is 1. The molecule has 0 atom stereocenters. The van der Waals surface area contributed by atoms with Crippen LogP contribution in [0.1, 0.15) is 23.9 Å². The molecule has 0 unspecified atom stereocenters. The van der Waals surface area contributed by atoms with E-state index in [1.807, 2.05) is 19.1 Å². The van der Waals surface area contributed by atoms with E-state index in [1.165, 1.54) is 23.9 Å². The van der Waals surface area contributed by atoms with Crippen LogP contribution >= 0.6 is 38.5 Å². The minimum atomic E-state index is -0.443. The van der Waals surface area contributed by atoms with E-state index in [0.717, 1.165) is 13.6 Å². The molecule has 11 heteroatoms. The van der Waals surface area contributed by atoms with E-state index in [9.17, 15) is 14.9 Å². The second-order valence-corrected chi connectivity index (χ2v) is 9.73. The number of non-ortho nitro benzene ring substituents is 1. The van der Waals surface area contributed by atoms with Crippen LogP contribution in [0, 0.1) is 13.7 Å². The normalized spacial score (nSPS) is 11.2. The molecule has 0 aliphatic rings. The smallest absolute Gasteiger partial charge is 0.282 e. The first-order valence-corrected chi connectivity index (χ1v) is 12.7. The summed E-state index contributed by atoms with van der Waals surface area (Å²) in [7, 11) is 1.54. The minimum Gasteiger partial charge on any atom is -0.493 e. The Kier molecular flexibility index (Phi) is 7.99. The van der Waals surface area contributed by atoms with Gasteiger partial charge in [0, 0.05) is 23.0 Å². The number of nitrogens with zero attached hydrogens (tertiary/aromatic N) is 4. The molecule has 0 spiro atoms. The Balaban J connectivity index is 1.62. The summed E-state index contributed by atoms with van der Waals surface area (Å²) >= 11 is 5.54. The van der Waals surface area contributed by atoms with Crippen LogP contribution < -0.4 is 15.0 Å². The number of nitro benzene ring substituents is 1. The molecule has 0 bridgehead atoms. The largest absolute Gasteiger partial charge is 0.493 e. The molecule has 9 nitrogen and oxygen atoms in total. The first-order valence-electron chi connectivity index (χ1n) is 10.8. The third-order valence-corrected chi connectivity index (χ3v) is 6.59. The van der Waals surface area contributed by atoms with Crippen LogP contribution in [0.5, 0.6) is 11.5 Å². The molecular weight excluding hydrogens is 643 g/mol. The number of benzene rings is 3. The third-order valence-electron chi connectivity index (χ3n) is 5.30. The standard InChI is InChI=1S/C25H20BrIN4O5/c1-3-23-29-21-9-6-17(26)12-19(21)25(32)30(23)28-13-16-10-20(27)24(22(11-16)35-2)36-14-15-4-7-18(8-5-15)31(33)34/h4-13H,3,14H2,1-2H3. The average molecular weight is 663 g/mol. The number of aryl methyl sites for hydroxylation is 1. The highest BCUT2D eigenvalue weighted by atomic mass is 127. The molecule has 0 fully saturated rings. The van der Waals surface area contributed by atoms with Crippen LogP contribution in [-0.4, -0.2) is 27.9 Å². The summed E-state index contributed by atoms with van der Waals surface area (Å²) in [6, 6.07) is 15.2. The lowest BCUT2D eigenvalue weighted by Crippen LogP contribution is -2.22. The number of fused-ring (bicyclic) bond motifs is 1. The van der Waals surface area contributed by atoms with Crippen molar-refractivity contribution in [3.63, 3.8) is 0 Å². The maximum atomic E-state index is 13.1. The maximum Gasteiger partial charge on any atom is 0.282 e. The minimum absolute atomic E-state index is 0.0223. The van der Waals surface area contributed by atoms with Gasteiger partial charge in [-0.3, -0.25) is 14.9 Å². The van der Waals surface area contributed by atoms with Gasteiger partial charge in [0.25, 0.3) is 11.2 Å². The van der Waals surface area contributed by atoms with E-state index in [2.05, 4.69) is 48.6 Å². The topological polar surface area (TPSA) is 109 Å². The van der Waals surface area contributed by atoms with Crippen LogP contribution in [-0.2, 0) is 13.0 Å². The van der Waals surface area contributed by atoms with E-state index in [0.29, 0.717) is 40.2 Å². The van der Waals surface area contributed by atoms with Gasteiger partial charge in [0.15, 0.2) is 11.5 Å². The third kappa shape index (κ3) is 5.57. The molecule has 0 saturated carbocycles. The number of nitro groups is 1. The van der Waals surface area contributed by atoms with E-state index in [-0.39, 0.29) is 17.9 Å². The van der Waals surface area contributed by atoms with E-state index < -0.39 is 4.92 Å². The SMILES string of the molecule is CCc1nc2ccc(Br)cc2c(=O)n1N=Cc1cc(I)c(OCc2ccc([N+](=O)[O-])cc2)c(OC)c1. The molecule has 0 radical (unpaired) electrons. The average Bonchev–Trinajstić information content (AvgIpc) is 2.87. The molecule has 0 amide bonds. The van der Waals surface area contributed by atoms with Gasteiger partial charge in [-0.05, 0) is 76.2 Å². The first kappa shape index (κ1) is 25.8. The van der Waals surface area contributed by atoms with Crippen molar-refractivity contribution >= 4 is 61.3 Å². The van der Waals surface area contributed by atoms with Gasteiger partial charge in [0.2, 0.25) is 0 Å². The van der Waals surface area contributed by atoms with Crippen molar-refractivity contribution in [3.05, 3.63) is 100 Å². The first-order chi connectivity index (χ1) is 17.3. The Labute approximate surface area is 228 Å². The highest BCUT2D eigenvalue weighted by Gasteiger charge is 2.13. The molecule has 0 aliphatic heterocycles. The molecule has 3 aromatic carbocycles. The van der Waals surface area contributed by atoms with Crippen LogP contribution in [0.3, 0.4) is 0 Å².